The van der Waals surface area contributed by atoms with E-state index in [1.54, 1.807) is 23.0 Å². The van der Waals surface area contributed by atoms with Gasteiger partial charge in [-0.3, -0.25) is 4.79 Å². The number of aromatic nitrogens is 3. The lowest BCUT2D eigenvalue weighted by atomic mass is 10.1. The predicted molar refractivity (Wildman–Crippen MR) is 131 cm³/mol. The average molecular weight is 486 g/mol. The number of hydrogen-bond acceptors (Lipinski definition) is 6. The molecular weight excluding hydrogens is 454 g/mol. The number of nitrogens with one attached hydrogen (secondary N) is 1. The Kier molecular flexibility index (Phi) is 6.90. The van der Waals surface area contributed by atoms with Crippen LogP contribution in [0.1, 0.15) is 62.1 Å². The minimum absolute atomic E-state index is 0.0870. The first kappa shape index (κ1) is 24.2. The van der Waals surface area contributed by atoms with Crippen molar-refractivity contribution < 1.29 is 17.9 Å². The molecule has 0 radical (unpaired) electrons. The minimum atomic E-state index is -3.66. The third kappa shape index (κ3) is 4.65. The van der Waals surface area contributed by atoms with Crippen molar-refractivity contribution in [3.63, 3.8) is 0 Å². The maximum Gasteiger partial charge on any atom is 0.256 e. The molecule has 2 aromatic heterocycles. The number of fused-ring (bicyclic) bond motifs is 1. The summed E-state index contributed by atoms with van der Waals surface area (Å²) in [6.45, 7) is 9.04. The van der Waals surface area contributed by atoms with Crippen LogP contribution in [-0.4, -0.2) is 53.1 Å². The van der Waals surface area contributed by atoms with Crippen molar-refractivity contribution >= 4 is 32.7 Å². The van der Waals surface area contributed by atoms with Crippen LogP contribution in [0.2, 0.25) is 0 Å². The van der Waals surface area contributed by atoms with Crippen molar-refractivity contribution in [1.29, 1.82) is 0 Å². The molecule has 1 saturated heterocycles. The summed E-state index contributed by atoms with van der Waals surface area (Å²) in [4.78, 5) is 18.1. The molecule has 0 spiro atoms. The van der Waals surface area contributed by atoms with Crippen LogP contribution in [0.5, 0.6) is 5.75 Å². The largest absolute Gasteiger partial charge is 0.492 e. The van der Waals surface area contributed by atoms with E-state index in [4.69, 9.17) is 4.74 Å². The van der Waals surface area contributed by atoms with E-state index < -0.39 is 10.0 Å². The highest BCUT2D eigenvalue weighted by molar-refractivity contribution is 7.89. The number of nitrogens with zero attached hydrogens (tertiary/aromatic N) is 4. The zero-order valence-corrected chi connectivity index (χ0v) is 20.9. The Hall–Kier alpha value is -2.98. The van der Waals surface area contributed by atoms with Crippen molar-refractivity contribution in [3.05, 3.63) is 41.7 Å². The normalized spacial score (nSPS) is 15.1. The first-order valence-electron chi connectivity index (χ1n) is 11.7. The van der Waals surface area contributed by atoms with E-state index in [0.29, 0.717) is 53.4 Å². The number of piperidine rings is 1. The number of carbonyl (C=O) groups is 1. The third-order valence-corrected chi connectivity index (χ3v) is 7.78. The Morgan fingerprint density at radius 1 is 1.18 bits per heavy atom. The van der Waals surface area contributed by atoms with Crippen LogP contribution in [0.4, 0.5) is 5.69 Å². The standard InChI is InChI=1S/C24H31N5O4S/c1-5-33-22-10-9-18(34(31,32)28-11-7-6-8-12-28)14-21(22)27-24(30)19-13-17(4)26-23-20(19)15-25-29(23)16(2)3/h9-10,13-16H,5-8,11-12H2,1-4H3,(H,27,30). The molecule has 0 aliphatic carbocycles. The van der Waals surface area contributed by atoms with Gasteiger partial charge >= 0.3 is 0 Å². The van der Waals surface area contributed by atoms with Gasteiger partial charge in [0.25, 0.3) is 5.91 Å². The number of ether oxygens (including phenoxy) is 1. The SMILES string of the molecule is CCOc1ccc(S(=O)(=O)N2CCCCC2)cc1NC(=O)c1cc(C)nc2c1cnn2C(C)C. The zero-order valence-electron chi connectivity index (χ0n) is 20.0. The molecule has 182 valence electrons. The van der Waals surface area contributed by atoms with Crippen molar-refractivity contribution in [2.24, 2.45) is 0 Å². The third-order valence-electron chi connectivity index (χ3n) is 5.88. The summed E-state index contributed by atoms with van der Waals surface area (Å²) in [5.74, 6) is 0.0284. The Morgan fingerprint density at radius 3 is 2.59 bits per heavy atom. The molecule has 0 atom stereocenters. The molecule has 0 bridgehead atoms. The van der Waals surface area contributed by atoms with Gasteiger partial charge in [-0.15, -0.1) is 0 Å². The number of rotatable bonds is 7. The first-order chi connectivity index (χ1) is 16.2. The summed E-state index contributed by atoms with van der Waals surface area (Å²) in [7, 11) is -3.66. The summed E-state index contributed by atoms with van der Waals surface area (Å²) < 4.78 is 35.4. The fraction of sp³-hybridized carbons (Fsp3) is 0.458. The molecule has 1 amide bonds. The second-order valence-electron chi connectivity index (χ2n) is 8.74. The van der Waals surface area contributed by atoms with E-state index in [1.165, 1.54) is 16.4 Å². The van der Waals surface area contributed by atoms with Gasteiger partial charge in [-0.1, -0.05) is 6.42 Å². The zero-order chi connectivity index (χ0) is 24.5. The fourth-order valence-electron chi connectivity index (χ4n) is 4.20. The van der Waals surface area contributed by atoms with E-state index in [-0.39, 0.29) is 16.8 Å². The van der Waals surface area contributed by atoms with Gasteiger partial charge in [0.15, 0.2) is 5.65 Å². The van der Waals surface area contributed by atoms with Crippen LogP contribution in [-0.2, 0) is 10.0 Å². The second-order valence-corrected chi connectivity index (χ2v) is 10.7. The summed E-state index contributed by atoms with van der Waals surface area (Å²) in [6.07, 6.45) is 4.36. The average Bonchev–Trinajstić information content (AvgIpc) is 3.24. The molecule has 1 aromatic carbocycles. The van der Waals surface area contributed by atoms with Gasteiger partial charge in [-0.05, 0) is 64.8 Å². The molecule has 4 rings (SSSR count). The molecule has 3 heterocycles. The van der Waals surface area contributed by atoms with Crippen molar-refractivity contribution in [2.75, 3.05) is 25.0 Å². The van der Waals surface area contributed by atoms with E-state index in [9.17, 15) is 13.2 Å². The molecular formula is C24H31N5O4S. The van der Waals surface area contributed by atoms with Crippen molar-refractivity contribution in [1.82, 2.24) is 19.1 Å². The smallest absolute Gasteiger partial charge is 0.256 e. The molecule has 3 aromatic rings. The fourth-order valence-corrected chi connectivity index (χ4v) is 5.75. The monoisotopic (exact) mass is 485 g/mol. The Bertz CT molecular complexity index is 1310. The highest BCUT2D eigenvalue weighted by Crippen LogP contribution is 2.31. The minimum Gasteiger partial charge on any atom is -0.492 e. The molecule has 10 heteroatoms. The number of anilines is 1. The van der Waals surface area contributed by atoms with Crippen LogP contribution in [0.25, 0.3) is 11.0 Å². The molecule has 1 aliphatic heterocycles. The Balaban J connectivity index is 1.72. The van der Waals surface area contributed by atoms with E-state index in [0.717, 1.165) is 19.3 Å². The molecule has 1 aliphatic rings. The maximum absolute atomic E-state index is 13.4. The van der Waals surface area contributed by atoms with Crippen molar-refractivity contribution in [2.45, 2.75) is 57.9 Å². The van der Waals surface area contributed by atoms with Gasteiger partial charge in [0.1, 0.15) is 5.75 Å². The van der Waals surface area contributed by atoms with Gasteiger partial charge in [0.2, 0.25) is 10.0 Å². The predicted octanol–water partition coefficient (Wildman–Crippen LogP) is 4.15. The second kappa shape index (κ2) is 9.71. The first-order valence-corrected chi connectivity index (χ1v) is 13.1. The summed E-state index contributed by atoms with van der Waals surface area (Å²) in [5, 5.41) is 7.90. The number of aryl methyl sites for hydroxylation is 1. The lowest BCUT2D eigenvalue weighted by Crippen LogP contribution is -2.35. The quantitative estimate of drug-likeness (QED) is 0.539. The molecule has 0 unspecified atom stereocenters. The maximum atomic E-state index is 13.4. The van der Waals surface area contributed by atoms with Crippen LogP contribution < -0.4 is 10.1 Å². The van der Waals surface area contributed by atoms with Gasteiger partial charge < -0.3 is 10.1 Å². The number of sulfonamides is 1. The lowest BCUT2D eigenvalue weighted by molar-refractivity contribution is 0.102. The molecule has 1 N–H and O–H groups in total. The van der Waals surface area contributed by atoms with Crippen LogP contribution >= 0.6 is 0 Å². The topological polar surface area (TPSA) is 106 Å². The number of benzene rings is 1. The van der Waals surface area contributed by atoms with Crippen molar-refractivity contribution in [3.8, 4) is 5.75 Å². The van der Waals surface area contributed by atoms with Gasteiger partial charge in [0.05, 0.1) is 34.3 Å². The van der Waals surface area contributed by atoms with Gasteiger partial charge in [0, 0.05) is 24.8 Å². The number of hydrogen-bond donors (Lipinski definition) is 1. The Labute approximate surface area is 200 Å². The number of pyridine rings is 1. The van der Waals surface area contributed by atoms with Gasteiger partial charge in [-0.2, -0.15) is 9.40 Å². The lowest BCUT2D eigenvalue weighted by Gasteiger charge is -2.26. The van der Waals surface area contributed by atoms with E-state index >= 15 is 0 Å². The van der Waals surface area contributed by atoms with Crippen LogP contribution in [0, 0.1) is 6.92 Å². The highest BCUT2D eigenvalue weighted by Gasteiger charge is 2.27. The number of amides is 1. The molecule has 1 fully saturated rings. The molecule has 9 nitrogen and oxygen atoms in total. The number of carbonyl (C=O) groups excluding carboxylic acids is 1. The Morgan fingerprint density at radius 2 is 1.91 bits per heavy atom. The van der Waals surface area contributed by atoms with E-state index in [1.807, 2.05) is 27.7 Å². The summed E-state index contributed by atoms with van der Waals surface area (Å²) >= 11 is 0. The summed E-state index contributed by atoms with van der Waals surface area (Å²) in [6, 6.07) is 6.41. The summed E-state index contributed by atoms with van der Waals surface area (Å²) in [5.41, 5.74) is 2.04. The van der Waals surface area contributed by atoms with E-state index in [2.05, 4.69) is 15.4 Å². The highest BCUT2D eigenvalue weighted by atomic mass is 32.2. The van der Waals surface area contributed by atoms with Crippen LogP contribution in [0.15, 0.2) is 35.4 Å². The van der Waals surface area contributed by atoms with Gasteiger partial charge in [-0.25, -0.2) is 18.1 Å². The molecule has 0 saturated carbocycles. The molecule has 34 heavy (non-hydrogen) atoms. The van der Waals surface area contributed by atoms with Crippen LogP contribution in [0.3, 0.4) is 0 Å².